The maximum atomic E-state index is 5.56. The van der Waals surface area contributed by atoms with Crippen molar-refractivity contribution in [2.75, 3.05) is 19.7 Å². The minimum absolute atomic E-state index is 0.178. The first-order valence-electron chi connectivity index (χ1n) is 4.10. The molecule has 0 saturated carbocycles. The molecule has 1 saturated heterocycles. The Morgan fingerprint density at radius 2 is 2.67 bits per heavy atom. The second kappa shape index (κ2) is 3.51. The average molecular weight is 184 g/mol. The van der Waals surface area contributed by atoms with Crippen molar-refractivity contribution >= 4 is 11.3 Å². The predicted octanol–water partition coefficient (Wildman–Crippen LogP) is 1.11. The van der Waals surface area contributed by atoms with E-state index in [1.165, 1.54) is 0 Å². The van der Waals surface area contributed by atoms with Gasteiger partial charge in [-0.1, -0.05) is 0 Å². The fourth-order valence-electron chi connectivity index (χ4n) is 1.24. The van der Waals surface area contributed by atoms with Gasteiger partial charge in [-0.25, -0.2) is 4.98 Å². The summed E-state index contributed by atoms with van der Waals surface area (Å²) in [6.07, 6.45) is 0.178. The predicted molar refractivity (Wildman–Crippen MR) is 48.4 cm³/mol. The third-order valence-corrected chi connectivity index (χ3v) is 2.89. The Kier molecular flexibility index (Phi) is 2.39. The van der Waals surface area contributed by atoms with Crippen molar-refractivity contribution in [1.82, 2.24) is 10.3 Å². The van der Waals surface area contributed by atoms with E-state index in [0.717, 1.165) is 30.4 Å². The second-order valence-electron chi connectivity index (χ2n) is 2.89. The number of aryl methyl sites for hydroxylation is 1. The van der Waals surface area contributed by atoms with Gasteiger partial charge in [-0.15, -0.1) is 11.3 Å². The van der Waals surface area contributed by atoms with Crippen LogP contribution >= 0.6 is 11.3 Å². The molecule has 66 valence electrons. The smallest absolute Gasteiger partial charge is 0.123 e. The normalized spacial score (nSPS) is 24.2. The first kappa shape index (κ1) is 8.16. The first-order chi connectivity index (χ1) is 5.86. The van der Waals surface area contributed by atoms with Crippen molar-refractivity contribution in [2.24, 2.45) is 0 Å². The highest BCUT2D eigenvalue weighted by molar-refractivity contribution is 7.09. The Labute approximate surface area is 75.8 Å². The quantitative estimate of drug-likeness (QED) is 0.710. The van der Waals surface area contributed by atoms with Gasteiger partial charge in [0.05, 0.1) is 6.61 Å². The molecule has 1 aliphatic rings. The third kappa shape index (κ3) is 1.65. The highest BCUT2D eigenvalue weighted by atomic mass is 32.1. The molecule has 12 heavy (non-hydrogen) atoms. The van der Waals surface area contributed by atoms with Gasteiger partial charge in [0.15, 0.2) is 0 Å². The maximum absolute atomic E-state index is 5.56. The summed E-state index contributed by atoms with van der Waals surface area (Å²) in [6.45, 7) is 4.66. The molecule has 1 atom stereocenters. The molecule has 4 heteroatoms. The van der Waals surface area contributed by atoms with E-state index < -0.39 is 0 Å². The third-order valence-electron chi connectivity index (χ3n) is 1.84. The Hall–Kier alpha value is -0.450. The van der Waals surface area contributed by atoms with Crippen LogP contribution in [0, 0.1) is 6.92 Å². The molecule has 2 rings (SSSR count). The number of aromatic nitrogens is 1. The lowest BCUT2D eigenvalue weighted by Crippen LogP contribution is -2.33. The summed E-state index contributed by atoms with van der Waals surface area (Å²) in [4.78, 5) is 4.39. The zero-order valence-electron chi connectivity index (χ0n) is 7.04. The van der Waals surface area contributed by atoms with E-state index in [9.17, 15) is 0 Å². The maximum Gasteiger partial charge on any atom is 0.123 e. The molecule has 1 aromatic heterocycles. The van der Waals surface area contributed by atoms with Crippen LogP contribution in [0.4, 0.5) is 0 Å². The summed E-state index contributed by atoms with van der Waals surface area (Å²) in [7, 11) is 0. The fourth-order valence-corrected chi connectivity index (χ4v) is 2.09. The molecule has 2 heterocycles. The average Bonchev–Trinajstić information content (AvgIpc) is 2.54. The van der Waals surface area contributed by atoms with E-state index in [4.69, 9.17) is 4.74 Å². The number of thiazole rings is 1. The Morgan fingerprint density at radius 1 is 1.75 bits per heavy atom. The first-order valence-corrected chi connectivity index (χ1v) is 4.98. The van der Waals surface area contributed by atoms with Gasteiger partial charge in [0, 0.05) is 24.2 Å². The van der Waals surface area contributed by atoms with E-state index in [1.54, 1.807) is 11.3 Å². The fraction of sp³-hybridized carbons (Fsp3) is 0.625. The van der Waals surface area contributed by atoms with Crippen LogP contribution in [0.25, 0.3) is 0 Å². The van der Waals surface area contributed by atoms with Gasteiger partial charge in [-0.05, 0) is 6.92 Å². The number of ether oxygens (including phenoxy) is 1. The van der Waals surface area contributed by atoms with Crippen molar-refractivity contribution in [2.45, 2.75) is 13.0 Å². The summed E-state index contributed by atoms with van der Waals surface area (Å²) < 4.78 is 5.56. The van der Waals surface area contributed by atoms with Crippen LogP contribution in [0.1, 0.15) is 16.8 Å². The van der Waals surface area contributed by atoms with Crippen molar-refractivity contribution in [1.29, 1.82) is 0 Å². The number of nitrogens with zero attached hydrogens (tertiary/aromatic N) is 1. The molecule has 1 aromatic rings. The summed E-state index contributed by atoms with van der Waals surface area (Å²) in [5.74, 6) is 0. The molecule has 0 aromatic carbocycles. The molecule has 3 nitrogen and oxygen atoms in total. The number of hydrogen-bond donors (Lipinski definition) is 1. The highest BCUT2D eigenvalue weighted by Gasteiger charge is 2.17. The lowest BCUT2D eigenvalue weighted by Gasteiger charge is -2.21. The SMILES string of the molecule is Cc1csc([C@H]2CNCCO2)n1. The van der Waals surface area contributed by atoms with Crippen LogP contribution < -0.4 is 5.32 Å². The van der Waals surface area contributed by atoms with Gasteiger partial charge < -0.3 is 10.1 Å². The van der Waals surface area contributed by atoms with Gasteiger partial charge in [0.1, 0.15) is 11.1 Å². The molecule has 0 spiro atoms. The molecule has 1 fully saturated rings. The number of nitrogens with one attached hydrogen (secondary N) is 1. The van der Waals surface area contributed by atoms with E-state index in [2.05, 4.69) is 15.7 Å². The second-order valence-corrected chi connectivity index (χ2v) is 3.78. The molecule has 0 bridgehead atoms. The van der Waals surface area contributed by atoms with Crippen LogP contribution in [0.3, 0.4) is 0 Å². The van der Waals surface area contributed by atoms with Gasteiger partial charge >= 0.3 is 0 Å². The topological polar surface area (TPSA) is 34.1 Å². The van der Waals surface area contributed by atoms with Crippen LogP contribution in [0.2, 0.25) is 0 Å². The zero-order valence-corrected chi connectivity index (χ0v) is 7.86. The van der Waals surface area contributed by atoms with Gasteiger partial charge in [0.25, 0.3) is 0 Å². The monoisotopic (exact) mass is 184 g/mol. The van der Waals surface area contributed by atoms with Crippen molar-refractivity contribution in [3.05, 3.63) is 16.1 Å². The summed E-state index contributed by atoms with van der Waals surface area (Å²) in [5, 5.41) is 6.44. The molecule has 0 unspecified atom stereocenters. The van der Waals surface area contributed by atoms with Crippen molar-refractivity contribution in [3.63, 3.8) is 0 Å². The number of morpholine rings is 1. The minimum Gasteiger partial charge on any atom is -0.368 e. The van der Waals surface area contributed by atoms with E-state index in [-0.39, 0.29) is 6.10 Å². The van der Waals surface area contributed by atoms with Gasteiger partial charge in [-0.2, -0.15) is 0 Å². The Balaban J connectivity index is 2.08. The van der Waals surface area contributed by atoms with E-state index >= 15 is 0 Å². The lowest BCUT2D eigenvalue weighted by atomic mass is 10.3. The lowest BCUT2D eigenvalue weighted by molar-refractivity contribution is 0.0275. The van der Waals surface area contributed by atoms with Crippen LogP contribution in [0.15, 0.2) is 5.38 Å². The number of hydrogen-bond acceptors (Lipinski definition) is 4. The molecule has 0 amide bonds. The molecule has 0 aliphatic carbocycles. The van der Waals surface area contributed by atoms with E-state index in [0.29, 0.717) is 0 Å². The Morgan fingerprint density at radius 3 is 3.25 bits per heavy atom. The standard InChI is InChI=1S/C8H12N2OS/c1-6-5-12-8(10-6)7-4-9-2-3-11-7/h5,7,9H,2-4H2,1H3/t7-/m1/s1. The van der Waals surface area contributed by atoms with E-state index in [1.807, 2.05) is 6.92 Å². The molecule has 1 N–H and O–H groups in total. The largest absolute Gasteiger partial charge is 0.368 e. The summed E-state index contributed by atoms with van der Waals surface area (Å²) in [5.41, 5.74) is 1.09. The molecular weight excluding hydrogens is 172 g/mol. The molecular formula is C8H12N2OS. The van der Waals surface area contributed by atoms with Crippen molar-refractivity contribution < 1.29 is 4.74 Å². The Bertz CT molecular complexity index is 255. The molecule has 1 aliphatic heterocycles. The van der Waals surface area contributed by atoms with Gasteiger partial charge in [0.2, 0.25) is 0 Å². The van der Waals surface area contributed by atoms with Crippen LogP contribution in [-0.2, 0) is 4.74 Å². The van der Waals surface area contributed by atoms with Crippen molar-refractivity contribution in [3.8, 4) is 0 Å². The van der Waals surface area contributed by atoms with Crippen LogP contribution in [0.5, 0.6) is 0 Å². The summed E-state index contributed by atoms with van der Waals surface area (Å²) >= 11 is 1.68. The van der Waals surface area contributed by atoms with Crippen LogP contribution in [-0.4, -0.2) is 24.7 Å². The minimum atomic E-state index is 0.178. The van der Waals surface area contributed by atoms with Gasteiger partial charge in [-0.3, -0.25) is 0 Å². The zero-order chi connectivity index (χ0) is 8.39. The summed E-state index contributed by atoms with van der Waals surface area (Å²) in [6, 6.07) is 0. The number of rotatable bonds is 1. The highest BCUT2D eigenvalue weighted by Crippen LogP contribution is 2.21. The molecule has 0 radical (unpaired) electrons.